The van der Waals surface area contributed by atoms with E-state index < -0.39 is 0 Å². The zero-order chi connectivity index (χ0) is 20.0. The van der Waals surface area contributed by atoms with E-state index in [2.05, 4.69) is 15.6 Å². The summed E-state index contributed by atoms with van der Waals surface area (Å²) in [6.07, 6.45) is 7.28. The van der Waals surface area contributed by atoms with Crippen LogP contribution in [0.3, 0.4) is 0 Å². The molecule has 5 rings (SSSR count). The summed E-state index contributed by atoms with van der Waals surface area (Å²) in [4.78, 5) is 17.0. The van der Waals surface area contributed by atoms with E-state index in [0.717, 1.165) is 41.3 Å². The molecule has 29 heavy (non-hydrogen) atoms. The third-order valence-corrected chi connectivity index (χ3v) is 6.55. The molecule has 1 aromatic heterocycles. The number of urea groups is 1. The molecule has 3 aromatic rings. The average Bonchev–Trinajstić information content (AvgIpc) is 2.68. The topological polar surface area (TPSA) is 63.2 Å². The standard InChI is InChI=1S/C22H19Cl2N3O2/c23-16-9-15-19(11-22(6-2-7-22)29-20(15)10-17(16)24)27-21(28)26-18-4-1-3-13-12-25-8-5-14(13)18/h1,3-5,8-10,12,19H,2,6-7,11H2,(H2,26,27,28). The van der Waals surface area contributed by atoms with E-state index in [-0.39, 0.29) is 17.7 Å². The maximum absolute atomic E-state index is 12.9. The fourth-order valence-corrected chi connectivity index (χ4v) is 4.54. The Morgan fingerprint density at radius 3 is 2.79 bits per heavy atom. The molecule has 1 atom stereocenters. The number of amides is 2. The predicted molar refractivity (Wildman–Crippen MR) is 115 cm³/mol. The van der Waals surface area contributed by atoms with Crippen molar-refractivity contribution in [3.05, 3.63) is 64.4 Å². The summed E-state index contributed by atoms with van der Waals surface area (Å²) in [6.45, 7) is 0. The van der Waals surface area contributed by atoms with Crippen LogP contribution in [0.25, 0.3) is 10.8 Å². The molecule has 1 saturated carbocycles. The van der Waals surface area contributed by atoms with Gasteiger partial charge in [-0.25, -0.2) is 4.79 Å². The van der Waals surface area contributed by atoms with Crippen molar-refractivity contribution in [3.63, 3.8) is 0 Å². The molecule has 1 fully saturated rings. The molecule has 1 spiro atoms. The first-order valence-corrected chi connectivity index (χ1v) is 10.4. The number of carbonyl (C=O) groups excluding carboxylic acids is 1. The van der Waals surface area contributed by atoms with Crippen LogP contribution in [0.5, 0.6) is 5.75 Å². The third kappa shape index (κ3) is 3.38. The minimum absolute atomic E-state index is 0.203. The van der Waals surface area contributed by atoms with E-state index >= 15 is 0 Å². The van der Waals surface area contributed by atoms with Crippen molar-refractivity contribution in [3.8, 4) is 5.75 Å². The van der Waals surface area contributed by atoms with E-state index in [1.54, 1.807) is 24.5 Å². The molecule has 5 nitrogen and oxygen atoms in total. The van der Waals surface area contributed by atoms with Crippen molar-refractivity contribution in [1.29, 1.82) is 0 Å². The molecule has 2 aliphatic rings. The maximum Gasteiger partial charge on any atom is 0.319 e. The number of benzene rings is 2. The average molecular weight is 428 g/mol. The van der Waals surface area contributed by atoms with Gasteiger partial charge in [-0.1, -0.05) is 35.3 Å². The van der Waals surface area contributed by atoms with Crippen molar-refractivity contribution in [2.75, 3.05) is 5.32 Å². The molecule has 0 radical (unpaired) electrons. The first-order valence-electron chi connectivity index (χ1n) is 9.61. The summed E-state index contributed by atoms with van der Waals surface area (Å²) >= 11 is 12.4. The fraction of sp³-hybridized carbons (Fsp3) is 0.273. The van der Waals surface area contributed by atoms with Gasteiger partial charge >= 0.3 is 6.03 Å². The quantitative estimate of drug-likeness (QED) is 0.518. The number of anilines is 1. The number of nitrogens with zero attached hydrogens (tertiary/aromatic N) is 1. The lowest BCUT2D eigenvalue weighted by Crippen LogP contribution is -2.50. The maximum atomic E-state index is 12.9. The van der Waals surface area contributed by atoms with Crippen LogP contribution in [0.1, 0.15) is 37.3 Å². The van der Waals surface area contributed by atoms with Gasteiger partial charge in [0.15, 0.2) is 0 Å². The smallest absolute Gasteiger partial charge is 0.319 e. The largest absolute Gasteiger partial charge is 0.487 e. The molecule has 2 amide bonds. The summed E-state index contributed by atoms with van der Waals surface area (Å²) in [5.41, 5.74) is 1.36. The van der Waals surface area contributed by atoms with Gasteiger partial charge in [0.25, 0.3) is 0 Å². The number of hydrogen-bond donors (Lipinski definition) is 2. The van der Waals surface area contributed by atoms with Gasteiger partial charge in [0.05, 0.1) is 21.8 Å². The van der Waals surface area contributed by atoms with Crippen LogP contribution in [0.15, 0.2) is 48.8 Å². The van der Waals surface area contributed by atoms with Gasteiger partial charge in [-0.15, -0.1) is 0 Å². The Morgan fingerprint density at radius 2 is 2.00 bits per heavy atom. The molecule has 1 aliphatic heterocycles. The lowest BCUT2D eigenvalue weighted by Gasteiger charge is -2.48. The van der Waals surface area contributed by atoms with Crippen LogP contribution in [0, 0.1) is 0 Å². The third-order valence-electron chi connectivity index (χ3n) is 5.83. The van der Waals surface area contributed by atoms with Crippen LogP contribution in [-0.4, -0.2) is 16.6 Å². The van der Waals surface area contributed by atoms with Crippen LogP contribution in [0.4, 0.5) is 10.5 Å². The molecule has 148 valence electrons. The Morgan fingerprint density at radius 1 is 1.17 bits per heavy atom. The van der Waals surface area contributed by atoms with Gasteiger partial charge in [-0.3, -0.25) is 4.98 Å². The summed E-state index contributed by atoms with van der Waals surface area (Å²) in [7, 11) is 0. The van der Waals surface area contributed by atoms with Crippen LogP contribution >= 0.6 is 23.2 Å². The zero-order valence-corrected chi connectivity index (χ0v) is 17.1. The molecule has 1 aliphatic carbocycles. The second kappa shape index (κ2) is 7.08. The minimum Gasteiger partial charge on any atom is -0.487 e. The second-order valence-electron chi connectivity index (χ2n) is 7.70. The highest BCUT2D eigenvalue weighted by atomic mass is 35.5. The van der Waals surface area contributed by atoms with Crippen molar-refractivity contribution in [1.82, 2.24) is 10.3 Å². The highest BCUT2D eigenvalue weighted by Gasteiger charge is 2.46. The highest BCUT2D eigenvalue weighted by molar-refractivity contribution is 6.42. The number of halogens is 2. The zero-order valence-electron chi connectivity index (χ0n) is 15.5. The fourth-order valence-electron chi connectivity index (χ4n) is 4.22. The van der Waals surface area contributed by atoms with Gasteiger partial charge in [-0.2, -0.15) is 0 Å². The van der Waals surface area contributed by atoms with Gasteiger partial charge in [-0.05, 0) is 37.5 Å². The number of ether oxygens (including phenoxy) is 1. The number of nitrogens with one attached hydrogen (secondary N) is 2. The molecule has 2 N–H and O–H groups in total. The summed E-state index contributed by atoms with van der Waals surface area (Å²) < 4.78 is 6.26. The van der Waals surface area contributed by atoms with E-state index in [1.807, 2.05) is 24.3 Å². The van der Waals surface area contributed by atoms with E-state index in [0.29, 0.717) is 22.2 Å². The Labute approximate surface area is 178 Å². The Balaban J connectivity index is 1.42. The lowest BCUT2D eigenvalue weighted by molar-refractivity contribution is -0.0354. The molecule has 2 aromatic carbocycles. The normalized spacial score (nSPS) is 19.2. The molecule has 0 saturated heterocycles. The van der Waals surface area contributed by atoms with Crippen molar-refractivity contribution in [2.24, 2.45) is 0 Å². The van der Waals surface area contributed by atoms with Crippen LogP contribution < -0.4 is 15.4 Å². The first-order chi connectivity index (χ1) is 14.0. The number of carbonyl (C=O) groups is 1. The van der Waals surface area contributed by atoms with Crippen LogP contribution in [-0.2, 0) is 0 Å². The molecule has 0 bridgehead atoms. The number of fused-ring (bicyclic) bond motifs is 2. The summed E-state index contributed by atoms with van der Waals surface area (Å²) in [5.74, 6) is 0.701. The predicted octanol–water partition coefficient (Wildman–Crippen LogP) is 6.11. The van der Waals surface area contributed by atoms with Crippen molar-refractivity contribution in [2.45, 2.75) is 37.3 Å². The van der Waals surface area contributed by atoms with E-state index in [4.69, 9.17) is 27.9 Å². The van der Waals surface area contributed by atoms with Crippen molar-refractivity contribution >= 4 is 45.7 Å². The molecular formula is C22H19Cl2N3O2. The number of pyridine rings is 1. The number of rotatable bonds is 2. The van der Waals surface area contributed by atoms with Crippen molar-refractivity contribution < 1.29 is 9.53 Å². The monoisotopic (exact) mass is 427 g/mol. The van der Waals surface area contributed by atoms with E-state index in [1.165, 1.54) is 0 Å². The van der Waals surface area contributed by atoms with Gasteiger partial charge in [0.1, 0.15) is 11.4 Å². The number of aromatic nitrogens is 1. The summed E-state index contributed by atoms with van der Waals surface area (Å²) in [5, 5.41) is 8.90. The highest BCUT2D eigenvalue weighted by Crippen LogP contribution is 2.50. The molecule has 1 unspecified atom stereocenters. The van der Waals surface area contributed by atoms with Gasteiger partial charge < -0.3 is 15.4 Å². The van der Waals surface area contributed by atoms with Gasteiger partial charge in [0.2, 0.25) is 0 Å². The Hall–Kier alpha value is -2.50. The Kier molecular flexibility index (Phi) is 4.52. The minimum atomic E-state index is -0.271. The second-order valence-corrected chi connectivity index (χ2v) is 8.51. The molecule has 2 heterocycles. The summed E-state index contributed by atoms with van der Waals surface area (Å²) in [6, 6.07) is 10.7. The van der Waals surface area contributed by atoms with E-state index in [9.17, 15) is 4.79 Å². The Bertz CT molecular complexity index is 1110. The first kappa shape index (κ1) is 18.5. The SMILES string of the molecule is O=C(Nc1cccc2cnccc12)NC1CC2(CCC2)Oc2cc(Cl)c(Cl)cc21. The van der Waals surface area contributed by atoms with Crippen LogP contribution in [0.2, 0.25) is 10.0 Å². The van der Waals surface area contributed by atoms with Gasteiger partial charge in [0, 0.05) is 41.2 Å². The molecular weight excluding hydrogens is 409 g/mol. The molecule has 7 heteroatoms. The lowest BCUT2D eigenvalue weighted by atomic mass is 9.73. The number of hydrogen-bond acceptors (Lipinski definition) is 3.